The van der Waals surface area contributed by atoms with Crippen LogP contribution in [0.4, 0.5) is 4.39 Å². The van der Waals surface area contributed by atoms with E-state index in [2.05, 4.69) is 4.72 Å². The van der Waals surface area contributed by atoms with Crippen molar-refractivity contribution in [1.29, 1.82) is 0 Å². The van der Waals surface area contributed by atoms with Crippen molar-refractivity contribution in [3.63, 3.8) is 0 Å². The van der Waals surface area contributed by atoms with E-state index in [0.29, 0.717) is 6.42 Å². The van der Waals surface area contributed by atoms with Crippen molar-refractivity contribution in [3.05, 3.63) is 59.4 Å². The lowest BCUT2D eigenvalue weighted by Crippen LogP contribution is -2.26. The van der Waals surface area contributed by atoms with E-state index in [1.165, 1.54) is 36.4 Å². The first kappa shape index (κ1) is 15.5. The van der Waals surface area contributed by atoms with E-state index in [1.807, 2.05) is 0 Å². The SMILES string of the molecule is Cc1cc(F)ccc1CCNS(=O)(=O)c1ccc(O)cc1. The summed E-state index contributed by atoms with van der Waals surface area (Å²) in [5.41, 5.74) is 1.68. The van der Waals surface area contributed by atoms with E-state index in [-0.39, 0.29) is 23.0 Å². The van der Waals surface area contributed by atoms with Gasteiger partial charge in [-0.15, -0.1) is 0 Å². The van der Waals surface area contributed by atoms with E-state index in [0.717, 1.165) is 11.1 Å². The minimum Gasteiger partial charge on any atom is -0.508 e. The molecule has 0 amide bonds. The third kappa shape index (κ3) is 4.03. The first-order chi connectivity index (χ1) is 9.88. The van der Waals surface area contributed by atoms with Gasteiger partial charge in [0.25, 0.3) is 0 Å². The Hall–Kier alpha value is -1.92. The van der Waals surface area contributed by atoms with Crippen LogP contribution in [0.3, 0.4) is 0 Å². The predicted octanol–water partition coefficient (Wildman–Crippen LogP) is 2.36. The monoisotopic (exact) mass is 309 g/mol. The summed E-state index contributed by atoms with van der Waals surface area (Å²) in [7, 11) is -3.60. The lowest BCUT2D eigenvalue weighted by molar-refractivity contribution is 0.474. The summed E-state index contributed by atoms with van der Waals surface area (Å²) < 4.78 is 39.5. The minimum atomic E-state index is -3.60. The Bertz CT molecular complexity index is 727. The molecule has 0 aliphatic rings. The van der Waals surface area contributed by atoms with Crippen molar-refractivity contribution in [1.82, 2.24) is 4.72 Å². The molecule has 0 bridgehead atoms. The standard InChI is InChI=1S/C15H16FNO3S/c1-11-10-13(16)3-2-12(11)8-9-17-21(19,20)15-6-4-14(18)5-7-15/h2-7,10,17-18H,8-9H2,1H3. The zero-order chi connectivity index (χ0) is 15.5. The molecule has 2 rings (SSSR count). The highest BCUT2D eigenvalue weighted by Crippen LogP contribution is 2.14. The molecule has 112 valence electrons. The summed E-state index contributed by atoms with van der Waals surface area (Å²) in [5.74, 6) is -0.295. The number of benzene rings is 2. The van der Waals surface area contributed by atoms with E-state index < -0.39 is 10.0 Å². The highest BCUT2D eigenvalue weighted by atomic mass is 32.2. The highest BCUT2D eigenvalue weighted by molar-refractivity contribution is 7.89. The van der Waals surface area contributed by atoms with Crippen molar-refractivity contribution in [2.75, 3.05) is 6.54 Å². The quantitative estimate of drug-likeness (QED) is 0.891. The Kier molecular flexibility index (Phi) is 4.59. The molecule has 0 aromatic heterocycles. The van der Waals surface area contributed by atoms with Crippen LogP contribution in [0.25, 0.3) is 0 Å². The molecule has 2 N–H and O–H groups in total. The van der Waals surface area contributed by atoms with Gasteiger partial charge >= 0.3 is 0 Å². The van der Waals surface area contributed by atoms with Crippen LogP contribution >= 0.6 is 0 Å². The molecule has 2 aromatic rings. The molecule has 0 unspecified atom stereocenters. The fraction of sp³-hybridized carbons (Fsp3) is 0.200. The molecular formula is C15H16FNO3S. The van der Waals surface area contributed by atoms with Gasteiger partial charge in [-0.1, -0.05) is 6.07 Å². The first-order valence-electron chi connectivity index (χ1n) is 6.42. The molecule has 2 aromatic carbocycles. The highest BCUT2D eigenvalue weighted by Gasteiger charge is 2.13. The molecule has 0 fully saturated rings. The third-order valence-corrected chi connectivity index (χ3v) is 4.62. The molecule has 0 saturated carbocycles. The van der Waals surface area contributed by atoms with Gasteiger partial charge in [-0.05, 0) is 60.9 Å². The van der Waals surface area contributed by atoms with Crippen LogP contribution in [0.15, 0.2) is 47.4 Å². The van der Waals surface area contributed by atoms with Gasteiger partial charge in [0.15, 0.2) is 0 Å². The van der Waals surface area contributed by atoms with Gasteiger partial charge in [0.2, 0.25) is 10.0 Å². The third-order valence-electron chi connectivity index (χ3n) is 3.14. The molecular weight excluding hydrogens is 293 g/mol. The molecule has 0 radical (unpaired) electrons. The summed E-state index contributed by atoms with van der Waals surface area (Å²) in [5, 5.41) is 9.15. The molecule has 0 heterocycles. The Morgan fingerprint density at radius 1 is 1.14 bits per heavy atom. The maximum Gasteiger partial charge on any atom is 0.240 e. The summed E-state index contributed by atoms with van der Waals surface area (Å²) in [6.45, 7) is 2.00. The average molecular weight is 309 g/mol. The average Bonchev–Trinajstić information content (AvgIpc) is 2.41. The van der Waals surface area contributed by atoms with Crippen molar-refractivity contribution in [3.8, 4) is 5.75 Å². The van der Waals surface area contributed by atoms with Crippen molar-refractivity contribution >= 4 is 10.0 Å². The largest absolute Gasteiger partial charge is 0.508 e. The van der Waals surface area contributed by atoms with E-state index in [4.69, 9.17) is 5.11 Å². The fourth-order valence-electron chi connectivity index (χ4n) is 1.97. The zero-order valence-corrected chi connectivity index (χ0v) is 12.3. The predicted molar refractivity (Wildman–Crippen MR) is 78.1 cm³/mol. The lowest BCUT2D eigenvalue weighted by Gasteiger charge is -2.08. The molecule has 0 aliphatic carbocycles. The van der Waals surface area contributed by atoms with Crippen molar-refractivity contribution in [2.24, 2.45) is 0 Å². The molecule has 0 saturated heterocycles. The van der Waals surface area contributed by atoms with Gasteiger partial charge in [-0.25, -0.2) is 17.5 Å². The van der Waals surface area contributed by atoms with Crippen LogP contribution in [0.1, 0.15) is 11.1 Å². The summed E-state index contributed by atoms with van der Waals surface area (Å²) >= 11 is 0. The second-order valence-corrected chi connectivity index (χ2v) is 6.48. The Balaban J connectivity index is 2.00. The first-order valence-corrected chi connectivity index (χ1v) is 7.90. The van der Waals surface area contributed by atoms with Crippen LogP contribution < -0.4 is 4.72 Å². The molecule has 0 aliphatic heterocycles. The smallest absolute Gasteiger partial charge is 0.240 e. The molecule has 6 heteroatoms. The van der Waals surface area contributed by atoms with Crippen LogP contribution in [0, 0.1) is 12.7 Å². The normalized spacial score (nSPS) is 11.5. The number of aromatic hydroxyl groups is 1. The molecule has 4 nitrogen and oxygen atoms in total. The van der Waals surface area contributed by atoms with Gasteiger partial charge < -0.3 is 5.11 Å². The van der Waals surface area contributed by atoms with E-state index >= 15 is 0 Å². The van der Waals surface area contributed by atoms with Gasteiger partial charge in [0.05, 0.1) is 4.90 Å². The number of rotatable bonds is 5. The number of halogens is 1. The van der Waals surface area contributed by atoms with Gasteiger partial charge in [0.1, 0.15) is 11.6 Å². The van der Waals surface area contributed by atoms with Crippen LogP contribution in [0.5, 0.6) is 5.75 Å². The van der Waals surface area contributed by atoms with Crippen molar-refractivity contribution in [2.45, 2.75) is 18.2 Å². The molecule has 0 spiro atoms. The number of sulfonamides is 1. The van der Waals surface area contributed by atoms with Gasteiger partial charge in [-0.2, -0.15) is 0 Å². The van der Waals surface area contributed by atoms with Crippen LogP contribution in [-0.4, -0.2) is 20.1 Å². The molecule has 0 atom stereocenters. The number of nitrogens with one attached hydrogen (secondary N) is 1. The maximum atomic E-state index is 13.0. The summed E-state index contributed by atoms with van der Waals surface area (Å²) in [6, 6.07) is 9.74. The zero-order valence-electron chi connectivity index (χ0n) is 11.5. The Morgan fingerprint density at radius 3 is 2.43 bits per heavy atom. The van der Waals surface area contributed by atoms with Crippen molar-refractivity contribution < 1.29 is 17.9 Å². The number of phenolic OH excluding ortho intramolecular Hbond substituents is 1. The number of hydrogen-bond donors (Lipinski definition) is 2. The van der Waals surface area contributed by atoms with Gasteiger partial charge in [-0.3, -0.25) is 0 Å². The number of hydrogen-bond acceptors (Lipinski definition) is 3. The molecule has 21 heavy (non-hydrogen) atoms. The van der Waals surface area contributed by atoms with Crippen LogP contribution in [0.2, 0.25) is 0 Å². The van der Waals surface area contributed by atoms with Crippen LogP contribution in [-0.2, 0) is 16.4 Å². The lowest BCUT2D eigenvalue weighted by atomic mass is 10.1. The number of phenols is 1. The second-order valence-electron chi connectivity index (χ2n) is 4.71. The fourth-order valence-corrected chi connectivity index (χ4v) is 3.00. The minimum absolute atomic E-state index is 0.0101. The number of aryl methyl sites for hydroxylation is 1. The second kappa shape index (κ2) is 6.24. The van der Waals surface area contributed by atoms with E-state index in [9.17, 15) is 12.8 Å². The Morgan fingerprint density at radius 2 is 1.81 bits per heavy atom. The Labute approximate surface area is 123 Å². The van der Waals surface area contributed by atoms with E-state index in [1.54, 1.807) is 13.0 Å². The van der Waals surface area contributed by atoms with Gasteiger partial charge in [0, 0.05) is 6.54 Å². The topological polar surface area (TPSA) is 66.4 Å². The summed E-state index contributed by atoms with van der Waals surface area (Å²) in [6.07, 6.45) is 0.476. The maximum absolute atomic E-state index is 13.0. The summed E-state index contributed by atoms with van der Waals surface area (Å²) in [4.78, 5) is 0.0936.